The maximum absolute atomic E-state index is 11.8. The van der Waals surface area contributed by atoms with E-state index in [0.717, 1.165) is 18.5 Å². The van der Waals surface area contributed by atoms with Gasteiger partial charge in [-0.25, -0.2) is 0 Å². The van der Waals surface area contributed by atoms with Crippen LogP contribution in [0.25, 0.3) is 0 Å². The van der Waals surface area contributed by atoms with Crippen molar-refractivity contribution in [3.05, 3.63) is 35.9 Å². The normalized spacial score (nSPS) is 24.3. The molecule has 16 heavy (non-hydrogen) atoms. The van der Waals surface area contributed by atoms with Crippen molar-refractivity contribution in [1.82, 2.24) is 5.32 Å². The highest BCUT2D eigenvalue weighted by atomic mass is 16.5. The lowest BCUT2D eigenvalue weighted by Gasteiger charge is -2.18. The molecule has 0 aliphatic carbocycles. The van der Waals surface area contributed by atoms with E-state index in [9.17, 15) is 4.79 Å². The number of carbonyl (C=O) groups is 1. The first-order valence-electron chi connectivity index (χ1n) is 5.78. The SMILES string of the molecule is CCOC(=O)[C@@H]1CCN[C@H]1c1ccccc1. The van der Waals surface area contributed by atoms with Crippen molar-refractivity contribution >= 4 is 5.97 Å². The lowest BCUT2D eigenvalue weighted by molar-refractivity contribution is -0.148. The van der Waals surface area contributed by atoms with Crippen LogP contribution in [0.4, 0.5) is 0 Å². The van der Waals surface area contributed by atoms with Crippen LogP contribution >= 0.6 is 0 Å². The van der Waals surface area contributed by atoms with Crippen LogP contribution in [0.1, 0.15) is 24.9 Å². The highest BCUT2D eigenvalue weighted by Crippen LogP contribution is 2.30. The zero-order valence-electron chi connectivity index (χ0n) is 9.48. The molecule has 0 aromatic heterocycles. The lowest BCUT2D eigenvalue weighted by Crippen LogP contribution is -2.25. The first-order valence-corrected chi connectivity index (χ1v) is 5.78. The fourth-order valence-corrected chi connectivity index (χ4v) is 2.22. The molecule has 0 unspecified atom stereocenters. The Balaban J connectivity index is 2.12. The van der Waals surface area contributed by atoms with Gasteiger partial charge in [0.1, 0.15) is 0 Å². The summed E-state index contributed by atoms with van der Waals surface area (Å²) in [4.78, 5) is 11.8. The second kappa shape index (κ2) is 5.12. The molecule has 0 spiro atoms. The van der Waals surface area contributed by atoms with Gasteiger partial charge in [-0.1, -0.05) is 30.3 Å². The molecule has 1 aromatic rings. The van der Waals surface area contributed by atoms with Crippen molar-refractivity contribution in [2.75, 3.05) is 13.2 Å². The van der Waals surface area contributed by atoms with Crippen molar-refractivity contribution < 1.29 is 9.53 Å². The van der Waals surface area contributed by atoms with Gasteiger partial charge < -0.3 is 10.1 Å². The lowest BCUT2D eigenvalue weighted by atomic mass is 9.94. The summed E-state index contributed by atoms with van der Waals surface area (Å²) in [6.07, 6.45) is 0.860. The van der Waals surface area contributed by atoms with Crippen LogP contribution in [0.5, 0.6) is 0 Å². The van der Waals surface area contributed by atoms with Crippen LogP contribution in [-0.2, 0) is 9.53 Å². The van der Waals surface area contributed by atoms with Crippen molar-refractivity contribution in [2.24, 2.45) is 5.92 Å². The van der Waals surface area contributed by atoms with Gasteiger partial charge >= 0.3 is 5.97 Å². The van der Waals surface area contributed by atoms with Crippen LogP contribution in [-0.4, -0.2) is 19.1 Å². The average molecular weight is 219 g/mol. The van der Waals surface area contributed by atoms with Crippen LogP contribution in [0.2, 0.25) is 0 Å². The highest BCUT2D eigenvalue weighted by molar-refractivity contribution is 5.74. The maximum atomic E-state index is 11.8. The molecule has 2 atom stereocenters. The first kappa shape index (κ1) is 11.1. The molecule has 1 aliphatic heterocycles. The minimum Gasteiger partial charge on any atom is -0.466 e. The molecule has 0 amide bonds. The summed E-state index contributed by atoms with van der Waals surface area (Å²) in [6, 6.07) is 10.2. The Morgan fingerprint density at radius 2 is 2.19 bits per heavy atom. The molecular formula is C13H17NO2. The zero-order valence-corrected chi connectivity index (χ0v) is 9.48. The highest BCUT2D eigenvalue weighted by Gasteiger charge is 2.34. The Morgan fingerprint density at radius 1 is 1.44 bits per heavy atom. The molecule has 1 fully saturated rings. The number of nitrogens with one attached hydrogen (secondary N) is 1. The number of hydrogen-bond acceptors (Lipinski definition) is 3. The van der Waals surface area contributed by atoms with E-state index >= 15 is 0 Å². The second-order valence-corrected chi connectivity index (χ2v) is 3.99. The number of ether oxygens (including phenoxy) is 1. The molecule has 3 nitrogen and oxygen atoms in total. The average Bonchev–Trinajstić information content (AvgIpc) is 2.79. The van der Waals surface area contributed by atoms with Crippen molar-refractivity contribution in [3.63, 3.8) is 0 Å². The van der Waals surface area contributed by atoms with E-state index in [1.54, 1.807) is 0 Å². The molecule has 0 saturated carbocycles. The number of rotatable bonds is 3. The van der Waals surface area contributed by atoms with Crippen molar-refractivity contribution in [1.29, 1.82) is 0 Å². The van der Waals surface area contributed by atoms with Gasteiger partial charge in [0, 0.05) is 6.04 Å². The Morgan fingerprint density at radius 3 is 2.88 bits per heavy atom. The summed E-state index contributed by atoms with van der Waals surface area (Å²) >= 11 is 0. The van der Waals surface area contributed by atoms with E-state index in [0.29, 0.717) is 6.61 Å². The fraction of sp³-hybridized carbons (Fsp3) is 0.462. The predicted octanol–water partition coefficient (Wildman–Crippen LogP) is 1.90. The molecule has 1 aromatic carbocycles. The first-order chi connectivity index (χ1) is 7.83. The molecule has 0 radical (unpaired) electrons. The van der Waals surface area contributed by atoms with Gasteiger partial charge in [-0.3, -0.25) is 4.79 Å². The van der Waals surface area contributed by atoms with E-state index in [1.165, 1.54) is 0 Å². The Labute approximate surface area is 95.8 Å². The third kappa shape index (κ3) is 2.25. The molecule has 1 heterocycles. The molecule has 1 N–H and O–H groups in total. The van der Waals surface area contributed by atoms with Crippen molar-refractivity contribution in [3.8, 4) is 0 Å². The van der Waals surface area contributed by atoms with E-state index < -0.39 is 0 Å². The Bertz CT molecular complexity index is 350. The summed E-state index contributed by atoms with van der Waals surface area (Å²) in [5, 5.41) is 3.36. The van der Waals surface area contributed by atoms with Gasteiger partial charge in [-0.05, 0) is 25.5 Å². The molecule has 1 aliphatic rings. The van der Waals surface area contributed by atoms with Crippen LogP contribution in [0, 0.1) is 5.92 Å². The molecule has 1 saturated heterocycles. The van der Waals surface area contributed by atoms with E-state index in [4.69, 9.17) is 4.74 Å². The fourth-order valence-electron chi connectivity index (χ4n) is 2.22. The van der Waals surface area contributed by atoms with Crippen LogP contribution in [0.15, 0.2) is 30.3 Å². The molecule has 0 bridgehead atoms. The summed E-state index contributed by atoms with van der Waals surface area (Å²) < 4.78 is 5.10. The summed E-state index contributed by atoms with van der Waals surface area (Å²) in [5.41, 5.74) is 1.16. The number of esters is 1. The summed E-state index contributed by atoms with van der Waals surface area (Å²) in [5.74, 6) is -0.122. The number of benzene rings is 1. The topological polar surface area (TPSA) is 38.3 Å². The maximum Gasteiger partial charge on any atom is 0.310 e. The number of carbonyl (C=O) groups excluding carboxylic acids is 1. The monoisotopic (exact) mass is 219 g/mol. The Kier molecular flexibility index (Phi) is 3.57. The van der Waals surface area contributed by atoms with Crippen LogP contribution in [0.3, 0.4) is 0 Å². The summed E-state index contributed by atoms with van der Waals surface area (Å²) in [6.45, 7) is 3.18. The standard InChI is InChI=1S/C13H17NO2/c1-2-16-13(15)11-8-9-14-12(11)10-6-4-3-5-7-10/h3-7,11-12,14H,2,8-9H2,1H3/t11-,12+/m1/s1. The van der Waals surface area contributed by atoms with Gasteiger partial charge in [0.15, 0.2) is 0 Å². The minimum absolute atomic E-state index is 0.0395. The van der Waals surface area contributed by atoms with Gasteiger partial charge in [0.05, 0.1) is 12.5 Å². The van der Waals surface area contributed by atoms with E-state index in [2.05, 4.69) is 17.4 Å². The molecule has 86 valence electrons. The summed E-state index contributed by atoms with van der Waals surface area (Å²) in [7, 11) is 0. The molecular weight excluding hydrogens is 202 g/mol. The van der Waals surface area contributed by atoms with Crippen LogP contribution < -0.4 is 5.32 Å². The van der Waals surface area contributed by atoms with E-state index in [-0.39, 0.29) is 17.9 Å². The third-order valence-corrected chi connectivity index (χ3v) is 2.97. The number of hydrogen-bond donors (Lipinski definition) is 1. The van der Waals surface area contributed by atoms with Gasteiger partial charge in [0.2, 0.25) is 0 Å². The minimum atomic E-state index is -0.0821. The van der Waals surface area contributed by atoms with E-state index in [1.807, 2.05) is 25.1 Å². The predicted molar refractivity (Wildman–Crippen MR) is 61.9 cm³/mol. The zero-order chi connectivity index (χ0) is 11.4. The molecule has 3 heteroatoms. The third-order valence-electron chi connectivity index (χ3n) is 2.97. The Hall–Kier alpha value is -1.35. The second-order valence-electron chi connectivity index (χ2n) is 3.99. The van der Waals surface area contributed by atoms with Gasteiger partial charge in [-0.2, -0.15) is 0 Å². The van der Waals surface area contributed by atoms with Crippen molar-refractivity contribution in [2.45, 2.75) is 19.4 Å². The quantitative estimate of drug-likeness (QED) is 0.789. The van der Waals surface area contributed by atoms with Gasteiger partial charge in [0.25, 0.3) is 0 Å². The van der Waals surface area contributed by atoms with Gasteiger partial charge in [-0.15, -0.1) is 0 Å². The molecule has 2 rings (SSSR count). The smallest absolute Gasteiger partial charge is 0.310 e. The largest absolute Gasteiger partial charge is 0.466 e.